The lowest BCUT2D eigenvalue weighted by molar-refractivity contribution is -0.153. The summed E-state index contributed by atoms with van der Waals surface area (Å²) < 4.78 is 5.56. The molecule has 1 atom stereocenters. The lowest BCUT2D eigenvalue weighted by Crippen LogP contribution is -2.60. The molecule has 0 radical (unpaired) electrons. The minimum absolute atomic E-state index is 0.0456. The van der Waals surface area contributed by atoms with Crippen molar-refractivity contribution in [2.75, 3.05) is 13.1 Å². The molecule has 8 heteroatoms. The molecular weight excluding hydrogens is 390 g/mol. The summed E-state index contributed by atoms with van der Waals surface area (Å²) in [6.45, 7) is 3.05. The minimum atomic E-state index is -0.739. The zero-order valence-corrected chi connectivity index (χ0v) is 18.4. The molecule has 2 aliphatic rings. The van der Waals surface area contributed by atoms with E-state index in [-0.39, 0.29) is 35.4 Å². The second-order valence-corrected chi connectivity index (χ2v) is 8.36. The van der Waals surface area contributed by atoms with E-state index in [1.807, 2.05) is 0 Å². The zero-order chi connectivity index (χ0) is 21.1. The maximum atomic E-state index is 12.4. The van der Waals surface area contributed by atoms with Gasteiger partial charge in [-0.05, 0) is 44.3 Å². The van der Waals surface area contributed by atoms with Crippen LogP contribution in [-0.2, 0) is 19.1 Å². The third-order valence-corrected chi connectivity index (χ3v) is 5.89. The lowest BCUT2D eigenvalue weighted by atomic mass is 9.98. The fraction of sp³-hybridized carbons (Fsp3) is 0.810. The highest BCUT2D eigenvalue weighted by Crippen LogP contribution is 2.21. The molecule has 0 bridgehead atoms. The van der Waals surface area contributed by atoms with Gasteiger partial charge in [0.15, 0.2) is 5.11 Å². The molecule has 1 aliphatic carbocycles. The summed E-state index contributed by atoms with van der Waals surface area (Å²) in [5, 5.41) is 5.72. The summed E-state index contributed by atoms with van der Waals surface area (Å²) in [4.78, 5) is 38.6. The van der Waals surface area contributed by atoms with Gasteiger partial charge in [0.1, 0.15) is 12.1 Å². The fourth-order valence-electron chi connectivity index (χ4n) is 3.88. The van der Waals surface area contributed by atoms with Crippen LogP contribution in [0.25, 0.3) is 0 Å². The van der Waals surface area contributed by atoms with Crippen LogP contribution in [0.3, 0.4) is 0 Å². The third kappa shape index (κ3) is 8.28. The topological polar surface area (TPSA) is 87.7 Å². The van der Waals surface area contributed by atoms with Gasteiger partial charge in [-0.25, -0.2) is 0 Å². The van der Waals surface area contributed by atoms with Crippen molar-refractivity contribution in [3.63, 3.8) is 0 Å². The molecule has 0 aromatic heterocycles. The van der Waals surface area contributed by atoms with E-state index in [2.05, 4.69) is 17.6 Å². The number of esters is 1. The van der Waals surface area contributed by atoms with Crippen LogP contribution in [0.15, 0.2) is 0 Å². The average Bonchev–Trinajstić information content (AvgIpc) is 2.70. The van der Waals surface area contributed by atoms with E-state index in [0.29, 0.717) is 19.5 Å². The van der Waals surface area contributed by atoms with Crippen LogP contribution >= 0.6 is 12.2 Å². The number of piperazine rings is 1. The van der Waals surface area contributed by atoms with Gasteiger partial charge in [0.2, 0.25) is 11.8 Å². The Morgan fingerprint density at radius 1 is 1.17 bits per heavy atom. The number of amides is 2. The molecule has 1 saturated carbocycles. The SMILES string of the molecule is CCCCCCCC(=O)NC(=S)N1CCNC(=O)C1CC(=O)OC1CCCCC1. The van der Waals surface area contributed by atoms with Crippen molar-refractivity contribution in [1.29, 1.82) is 0 Å². The Hall–Kier alpha value is -1.70. The van der Waals surface area contributed by atoms with Gasteiger partial charge in [0.05, 0.1) is 6.42 Å². The monoisotopic (exact) mass is 425 g/mol. The molecule has 2 N–H and O–H groups in total. The first kappa shape index (κ1) is 23.6. The van der Waals surface area contributed by atoms with Crippen LogP contribution in [0.2, 0.25) is 0 Å². The quantitative estimate of drug-likeness (QED) is 0.336. The van der Waals surface area contributed by atoms with E-state index in [9.17, 15) is 14.4 Å². The Bertz CT molecular complexity index is 578. The third-order valence-electron chi connectivity index (χ3n) is 5.56. The minimum Gasteiger partial charge on any atom is -0.462 e. The number of carbonyl (C=O) groups excluding carboxylic acids is 3. The first-order valence-electron chi connectivity index (χ1n) is 11.1. The molecule has 29 heavy (non-hydrogen) atoms. The Kier molecular flexibility index (Phi) is 10.4. The number of unbranched alkanes of at least 4 members (excludes halogenated alkanes) is 4. The normalized spacial score (nSPS) is 20.1. The molecule has 1 aliphatic heterocycles. The molecule has 1 unspecified atom stereocenters. The standard InChI is InChI=1S/C21H35N3O4S/c1-2-3-4-5-9-12-18(25)23-21(29)24-14-13-22-20(27)17(24)15-19(26)28-16-10-7-6-8-11-16/h16-17H,2-15H2,1H3,(H,22,27)(H,23,25,29). The first-order valence-corrected chi connectivity index (χ1v) is 11.5. The van der Waals surface area contributed by atoms with Gasteiger partial charge in [-0.1, -0.05) is 39.0 Å². The highest BCUT2D eigenvalue weighted by Gasteiger charge is 2.34. The Morgan fingerprint density at radius 2 is 1.90 bits per heavy atom. The number of ether oxygens (including phenoxy) is 1. The maximum absolute atomic E-state index is 12.4. The van der Waals surface area contributed by atoms with Crippen LogP contribution in [0.4, 0.5) is 0 Å². The number of nitrogens with zero attached hydrogens (tertiary/aromatic N) is 1. The van der Waals surface area contributed by atoms with Crippen LogP contribution in [-0.4, -0.2) is 53.0 Å². The first-order chi connectivity index (χ1) is 14.0. The largest absolute Gasteiger partial charge is 0.462 e. The number of thiocarbonyl (C=S) groups is 1. The van der Waals surface area contributed by atoms with Gasteiger partial charge >= 0.3 is 5.97 Å². The molecule has 2 amide bonds. The number of hydrogen-bond acceptors (Lipinski definition) is 5. The van der Waals surface area contributed by atoms with E-state index in [0.717, 1.165) is 51.4 Å². The molecule has 0 aromatic rings. The van der Waals surface area contributed by atoms with Crippen LogP contribution in [0.5, 0.6) is 0 Å². The molecule has 164 valence electrons. The second-order valence-electron chi connectivity index (χ2n) is 7.97. The molecule has 7 nitrogen and oxygen atoms in total. The van der Waals surface area contributed by atoms with E-state index < -0.39 is 6.04 Å². The van der Waals surface area contributed by atoms with E-state index in [1.54, 1.807) is 4.90 Å². The average molecular weight is 426 g/mol. The molecular formula is C21H35N3O4S. The van der Waals surface area contributed by atoms with E-state index >= 15 is 0 Å². The summed E-state index contributed by atoms with van der Waals surface area (Å²) in [5.74, 6) is -0.775. The molecule has 0 aromatic carbocycles. The van der Waals surface area contributed by atoms with E-state index in [1.165, 1.54) is 12.8 Å². The molecule has 2 rings (SSSR count). The van der Waals surface area contributed by atoms with Crippen molar-refractivity contribution in [3.8, 4) is 0 Å². The summed E-state index contributed by atoms with van der Waals surface area (Å²) >= 11 is 5.38. The smallest absolute Gasteiger partial charge is 0.308 e. The highest BCUT2D eigenvalue weighted by atomic mass is 32.1. The van der Waals surface area contributed by atoms with Crippen LogP contribution in [0, 0.1) is 0 Å². The van der Waals surface area contributed by atoms with E-state index in [4.69, 9.17) is 17.0 Å². The molecule has 0 spiro atoms. The predicted octanol–water partition coefficient (Wildman–Crippen LogP) is 2.81. The maximum Gasteiger partial charge on any atom is 0.308 e. The fourth-order valence-corrected chi connectivity index (χ4v) is 4.21. The van der Waals surface area contributed by atoms with Crippen molar-refractivity contribution >= 4 is 35.1 Å². The predicted molar refractivity (Wildman–Crippen MR) is 115 cm³/mol. The second kappa shape index (κ2) is 12.8. The Morgan fingerprint density at radius 3 is 2.62 bits per heavy atom. The van der Waals surface area contributed by atoms with Crippen molar-refractivity contribution < 1.29 is 19.1 Å². The van der Waals surface area contributed by atoms with Gasteiger partial charge in [0, 0.05) is 19.5 Å². The van der Waals surface area contributed by atoms with Gasteiger partial charge < -0.3 is 20.3 Å². The number of nitrogens with one attached hydrogen (secondary N) is 2. The summed E-state index contributed by atoms with van der Waals surface area (Å²) in [6.07, 6.45) is 10.7. The molecule has 2 fully saturated rings. The van der Waals surface area contributed by atoms with Crippen LogP contribution in [0.1, 0.15) is 84.0 Å². The van der Waals surface area contributed by atoms with Gasteiger partial charge in [0.25, 0.3) is 0 Å². The van der Waals surface area contributed by atoms with Crippen molar-refractivity contribution in [3.05, 3.63) is 0 Å². The summed E-state index contributed by atoms with van der Waals surface area (Å²) in [7, 11) is 0. The van der Waals surface area contributed by atoms with Crippen molar-refractivity contribution in [2.45, 2.75) is 96.1 Å². The van der Waals surface area contributed by atoms with Gasteiger partial charge in [-0.2, -0.15) is 0 Å². The highest BCUT2D eigenvalue weighted by molar-refractivity contribution is 7.80. The van der Waals surface area contributed by atoms with Crippen molar-refractivity contribution in [2.24, 2.45) is 0 Å². The lowest BCUT2D eigenvalue weighted by Gasteiger charge is -2.36. The summed E-state index contributed by atoms with van der Waals surface area (Å²) in [5.41, 5.74) is 0. The summed E-state index contributed by atoms with van der Waals surface area (Å²) in [6, 6.07) is -0.739. The molecule has 1 heterocycles. The van der Waals surface area contributed by atoms with Gasteiger partial charge in [-0.15, -0.1) is 0 Å². The number of rotatable bonds is 9. The zero-order valence-electron chi connectivity index (χ0n) is 17.5. The van der Waals surface area contributed by atoms with Gasteiger partial charge in [-0.3, -0.25) is 14.4 Å². The number of hydrogen-bond donors (Lipinski definition) is 2. The van der Waals surface area contributed by atoms with Crippen LogP contribution < -0.4 is 10.6 Å². The Labute approximate surface area is 179 Å². The molecule has 1 saturated heterocycles. The number of carbonyl (C=O) groups is 3. The van der Waals surface area contributed by atoms with Crippen molar-refractivity contribution in [1.82, 2.24) is 15.5 Å². The Balaban J connectivity index is 1.82.